The number of aromatic amines is 2. The molecule has 0 unspecified atom stereocenters. The maximum Gasteiger partial charge on any atom is 0.251 e. The molecule has 8 heteroatoms. The van der Waals surface area contributed by atoms with Crippen molar-refractivity contribution in [2.45, 2.75) is 6.42 Å². The van der Waals surface area contributed by atoms with Crippen molar-refractivity contribution in [2.75, 3.05) is 7.11 Å². The number of H-pyrrole nitrogens is 2. The summed E-state index contributed by atoms with van der Waals surface area (Å²) in [5.74, 6) is 0.381. The number of rotatable bonds is 5. The molecule has 2 rings (SSSR count). The lowest BCUT2D eigenvalue weighted by Crippen LogP contribution is -2.21. The van der Waals surface area contributed by atoms with Crippen LogP contribution in [0, 0.1) is 4.77 Å². The van der Waals surface area contributed by atoms with Gasteiger partial charge in [0.2, 0.25) is 5.91 Å². The summed E-state index contributed by atoms with van der Waals surface area (Å²) in [6.07, 6.45) is 1.49. The van der Waals surface area contributed by atoms with Crippen molar-refractivity contribution in [1.29, 1.82) is 0 Å². The molecule has 0 bridgehead atoms. The number of benzene rings is 1. The Morgan fingerprint density at radius 3 is 2.73 bits per heavy atom. The van der Waals surface area contributed by atoms with Gasteiger partial charge in [-0.3, -0.25) is 14.6 Å². The lowest BCUT2D eigenvalue weighted by molar-refractivity contribution is -0.120. The second kappa shape index (κ2) is 7.32. The average molecular weight is 318 g/mol. The van der Waals surface area contributed by atoms with Crippen LogP contribution in [0.5, 0.6) is 5.75 Å². The zero-order valence-corrected chi connectivity index (χ0v) is 12.6. The molecular weight excluding hydrogens is 304 g/mol. The maximum atomic E-state index is 11.7. The smallest absolute Gasteiger partial charge is 0.251 e. The van der Waals surface area contributed by atoms with E-state index in [1.54, 1.807) is 19.2 Å². The number of hydrazone groups is 1. The fourth-order valence-corrected chi connectivity index (χ4v) is 1.93. The fraction of sp³-hybridized carbons (Fsp3) is 0.143. The van der Waals surface area contributed by atoms with E-state index in [0.29, 0.717) is 5.69 Å². The van der Waals surface area contributed by atoms with Crippen molar-refractivity contribution < 1.29 is 9.53 Å². The normalized spacial score (nSPS) is 10.6. The number of ether oxygens (including phenoxy) is 1. The van der Waals surface area contributed by atoms with Gasteiger partial charge in [-0.05, 0) is 42.0 Å². The highest BCUT2D eigenvalue weighted by molar-refractivity contribution is 7.71. The van der Waals surface area contributed by atoms with Crippen molar-refractivity contribution in [3.8, 4) is 5.75 Å². The van der Waals surface area contributed by atoms with Gasteiger partial charge in [-0.25, -0.2) is 5.43 Å². The Hall–Kier alpha value is -2.74. The van der Waals surface area contributed by atoms with Gasteiger partial charge >= 0.3 is 0 Å². The van der Waals surface area contributed by atoms with Gasteiger partial charge in [-0.2, -0.15) is 5.10 Å². The Bertz CT molecular complexity index is 764. The largest absolute Gasteiger partial charge is 0.497 e. The van der Waals surface area contributed by atoms with Crippen molar-refractivity contribution in [2.24, 2.45) is 5.10 Å². The molecule has 3 N–H and O–H groups in total. The number of nitrogens with one attached hydrogen (secondary N) is 3. The highest BCUT2D eigenvalue weighted by atomic mass is 32.1. The zero-order chi connectivity index (χ0) is 15.9. The Kier molecular flexibility index (Phi) is 5.21. The summed E-state index contributed by atoms with van der Waals surface area (Å²) in [4.78, 5) is 28.1. The molecule has 0 atom stereocenters. The summed E-state index contributed by atoms with van der Waals surface area (Å²) in [5, 5.41) is 3.85. The number of carbonyl (C=O) groups is 1. The van der Waals surface area contributed by atoms with E-state index in [4.69, 9.17) is 17.0 Å². The summed E-state index contributed by atoms with van der Waals surface area (Å²) in [6.45, 7) is 0. The molecule has 0 saturated heterocycles. The molecule has 1 amide bonds. The molecular formula is C14H14N4O3S. The molecule has 1 heterocycles. The quantitative estimate of drug-likeness (QED) is 0.437. The first kappa shape index (κ1) is 15.6. The van der Waals surface area contributed by atoms with Crippen LogP contribution in [-0.4, -0.2) is 29.2 Å². The predicted molar refractivity (Wildman–Crippen MR) is 84.7 cm³/mol. The van der Waals surface area contributed by atoms with Crippen LogP contribution in [0.2, 0.25) is 0 Å². The highest BCUT2D eigenvalue weighted by Gasteiger charge is 2.03. The first-order valence-corrected chi connectivity index (χ1v) is 6.76. The Morgan fingerprint density at radius 1 is 1.36 bits per heavy atom. The number of nitrogens with zero attached hydrogens (tertiary/aromatic N) is 1. The lowest BCUT2D eigenvalue weighted by atomic mass is 10.2. The molecule has 22 heavy (non-hydrogen) atoms. The van der Waals surface area contributed by atoms with Gasteiger partial charge in [-0.1, -0.05) is 0 Å². The summed E-state index contributed by atoms with van der Waals surface area (Å²) in [7, 11) is 1.59. The Morgan fingerprint density at radius 2 is 2.09 bits per heavy atom. The molecule has 0 spiro atoms. The third kappa shape index (κ3) is 4.67. The topological polar surface area (TPSA) is 99.3 Å². The predicted octanol–water partition coefficient (Wildman–Crippen LogP) is 1.13. The molecule has 1 aromatic heterocycles. The van der Waals surface area contributed by atoms with E-state index in [1.165, 1.54) is 12.3 Å². The van der Waals surface area contributed by atoms with Gasteiger partial charge in [0, 0.05) is 11.8 Å². The number of carbonyl (C=O) groups excluding carboxylic acids is 1. The van der Waals surface area contributed by atoms with Crippen LogP contribution in [0.4, 0.5) is 0 Å². The monoisotopic (exact) mass is 318 g/mol. The minimum Gasteiger partial charge on any atom is -0.497 e. The number of methoxy groups -OCH3 is 1. The first-order valence-electron chi connectivity index (χ1n) is 6.35. The molecule has 0 saturated carbocycles. The van der Waals surface area contributed by atoms with Gasteiger partial charge in [0.15, 0.2) is 4.77 Å². The van der Waals surface area contributed by atoms with E-state index in [1.807, 2.05) is 12.1 Å². The Balaban J connectivity index is 1.92. The van der Waals surface area contributed by atoms with Crippen molar-refractivity contribution >= 4 is 24.3 Å². The van der Waals surface area contributed by atoms with Crippen molar-refractivity contribution in [3.05, 3.63) is 56.7 Å². The third-order valence-corrected chi connectivity index (χ3v) is 2.89. The molecule has 1 aromatic carbocycles. The van der Waals surface area contributed by atoms with E-state index < -0.39 is 0 Å². The number of aromatic nitrogens is 2. The van der Waals surface area contributed by atoms with Crippen molar-refractivity contribution in [1.82, 2.24) is 15.4 Å². The second-order valence-electron chi connectivity index (χ2n) is 4.36. The van der Waals surface area contributed by atoms with E-state index in [-0.39, 0.29) is 22.7 Å². The van der Waals surface area contributed by atoms with Crippen LogP contribution in [0.1, 0.15) is 11.3 Å². The highest BCUT2D eigenvalue weighted by Crippen LogP contribution is 2.09. The number of amides is 1. The summed E-state index contributed by atoms with van der Waals surface area (Å²) < 4.78 is 5.22. The average Bonchev–Trinajstić information content (AvgIpc) is 2.47. The van der Waals surface area contributed by atoms with Gasteiger partial charge in [0.05, 0.1) is 19.7 Å². The van der Waals surface area contributed by atoms with Crippen LogP contribution in [-0.2, 0) is 11.2 Å². The molecule has 114 valence electrons. The molecule has 0 aliphatic heterocycles. The van der Waals surface area contributed by atoms with Crippen LogP contribution in [0.25, 0.3) is 0 Å². The summed E-state index contributed by atoms with van der Waals surface area (Å²) in [5.41, 5.74) is 3.27. The molecule has 2 aromatic rings. The zero-order valence-electron chi connectivity index (χ0n) is 11.8. The summed E-state index contributed by atoms with van der Waals surface area (Å²) in [6, 6.07) is 8.48. The van der Waals surface area contributed by atoms with E-state index in [2.05, 4.69) is 20.5 Å². The molecule has 0 aliphatic carbocycles. The molecule has 0 aliphatic rings. The Labute approximate surface area is 131 Å². The number of hydrogen-bond donors (Lipinski definition) is 3. The van der Waals surface area contributed by atoms with E-state index in [0.717, 1.165) is 11.3 Å². The minimum absolute atomic E-state index is 0.0203. The van der Waals surface area contributed by atoms with Crippen LogP contribution < -0.4 is 15.7 Å². The first-order chi connectivity index (χ1) is 10.6. The lowest BCUT2D eigenvalue weighted by Gasteiger charge is -2.01. The fourth-order valence-electron chi connectivity index (χ4n) is 1.70. The van der Waals surface area contributed by atoms with Gasteiger partial charge < -0.3 is 9.72 Å². The van der Waals surface area contributed by atoms with Crippen LogP contribution in [0.15, 0.2) is 40.2 Å². The van der Waals surface area contributed by atoms with Crippen LogP contribution in [0.3, 0.4) is 0 Å². The van der Waals surface area contributed by atoms with Gasteiger partial charge in [0.1, 0.15) is 5.75 Å². The van der Waals surface area contributed by atoms with Crippen molar-refractivity contribution in [3.63, 3.8) is 0 Å². The van der Waals surface area contributed by atoms with Gasteiger partial charge in [0.25, 0.3) is 5.56 Å². The second-order valence-corrected chi connectivity index (χ2v) is 4.76. The third-order valence-electron chi connectivity index (χ3n) is 2.69. The standard InChI is InChI=1S/C14H14N4O3S/c1-21-11-4-2-9(3-5-11)8-15-18-13(20)7-10-6-12(19)17-14(22)16-10/h2-6,8H,7H2,1H3,(H,18,20)(H2,16,17,19,22). The van der Waals surface area contributed by atoms with Crippen LogP contribution >= 0.6 is 12.2 Å². The summed E-state index contributed by atoms with van der Waals surface area (Å²) >= 11 is 4.83. The number of hydrogen-bond acceptors (Lipinski definition) is 5. The van der Waals surface area contributed by atoms with Gasteiger partial charge in [-0.15, -0.1) is 0 Å². The molecule has 0 radical (unpaired) electrons. The van der Waals surface area contributed by atoms with E-state index in [9.17, 15) is 9.59 Å². The SMILES string of the molecule is COc1ccc(C=NNC(=O)Cc2cc(=O)[nH]c(=S)[nH]2)cc1. The maximum absolute atomic E-state index is 11.7. The molecule has 7 nitrogen and oxygen atoms in total. The minimum atomic E-state index is -0.360. The molecule has 0 fully saturated rings. The van der Waals surface area contributed by atoms with E-state index >= 15 is 0 Å².